The van der Waals surface area contributed by atoms with Crippen molar-refractivity contribution in [2.75, 3.05) is 12.9 Å². The molecule has 0 saturated carbocycles. The molecule has 0 aliphatic rings. The Hall–Kier alpha value is -3.12. The molecule has 2 rings (SSSR count). The van der Waals surface area contributed by atoms with Gasteiger partial charge in [-0.3, -0.25) is 9.59 Å². The number of aromatic amines is 1. The number of H-pyrrole nitrogens is 1. The number of benzene rings is 1. The van der Waals surface area contributed by atoms with E-state index in [1.165, 1.54) is 7.11 Å². The van der Waals surface area contributed by atoms with E-state index in [1.54, 1.807) is 24.3 Å². The lowest BCUT2D eigenvalue weighted by Gasteiger charge is -2.18. The Bertz CT molecular complexity index is 967. The van der Waals surface area contributed by atoms with Crippen molar-refractivity contribution >= 4 is 23.6 Å². The predicted molar refractivity (Wildman–Crippen MR) is 109 cm³/mol. The van der Waals surface area contributed by atoms with Gasteiger partial charge in [0.25, 0.3) is 5.56 Å². The van der Waals surface area contributed by atoms with E-state index in [1.807, 2.05) is 26.0 Å². The maximum Gasteiger partial charge on any atom is 0.328 e. The van der Waals surface area contributed by atoms with Gasteiger partial charge >= 0.3 is 5.97 Å². The molecule has 0 fully saturated rings. The standard InChI is InChI=1S/C20H22N4O4S/c1-12(2)9-15(19(27)28-3)22-16(25)11-29-20-23-17(13-7-5-4-6-8-13)14(10-21)18(26)24-20/h4-8,12,15H,9,11H2,1-3H3,(H,22,25)(H,23,24,26)/t15-/m1/s1. The van der Waals surface area contributed by atoms with Gasteiger partial charge < -0.3 is 15.0 Å². The minimum Gasteiger partial charge on any atom is -0.467 e. The summed E-state index contributed by atoms with van der Waals surface area (Å²) >= 11 is 1.01. The maximum absolute atomic E-state index is 12.3. The van der Waals surface area contributed by atoms with Gasteiger partial charge in [-0.2, -0.15) is 5.26 Å². The Kier molecular flexibility index (Phi) is 7.98. The van der Waals surface area contributed by atoms with E-state index in [9.17, 15) is 19.6 Å². The molecule has 8 nitrogen and oxygen atoms in total. The quantitative estimate of drug-likeness (QED) is 0.385. The fraction of sp³-hybridized carbons (Fsp3) is 0.350. The van der Waals surface area contributed by atoms with Crippen LogP contribution < -0.4 is 10.9 Å². The summed E-state index contributed by atoms with van der Waals surface area (Å²) in [7, 11) is 1.27. The van der Waals surface area contributed by atoms with Gasteiger partial charge in [0.1, 0.15) is 17.7 Å². The Morgan fingerprint density at radius 2 is 2.00 bits per heavy atom. The smallest absolute Gasteiger partial charge is 0.328 e. The monoisotopic (exact) mass is 414 g/mol. The highest BCUT2D eigenvalue weighted by Crippen LogP contribution is 2.21. The van der Waals surface area contributed by atoms with Gasteiger partial charge in [-0.15, -0.1) is 0 Å². The summed E-state index contributed by atoms with van der Waals surface area (Å²) in [5.41, 5.74) is 0.223. The van der Waals surface area contributed by atoms with Gasteiger partial charge in [0.15, 0.2) is 5.16 Å². The van der Waals surface area contributed by atoms with Crippen LogP contribution >= 0.6 is 11.8 Å². The number of ether oxygens (including phenoxy) is 1. The lowest BCUT2D eigenvalue weighted by Crippen LogP contribution is -2.43. The molecule has 1 atom stereocenters. The van der Waals surface area contributed by atoms with Crippen LogP contribution in [-0.2, 0) is 14.3 Å². The first kappa shape index (κ1) is 22.2. The molecule has 0 spiro atoms. The van der Waals surface area contributed by atoms with Crippen LogP contribution in [0.4, 0.5) is 0 Å². The van der Waals surface area contributed by atoms with E-state index < -0.39 is 17.6 Å². The molecule has 9 heteroatoms. The number of nitrogens with zero attached hydrogens (tertiary/aromatic N) is 2. The summed E-state index contributed by atoms with van der Waals surface area (Å²) in [5, 5.41) is 12.1. The van der Waals surface area contributed by atoms with Crippen molar-refractivity contribution in [3.63, 3.8) is 0 Å². The van der Waals surface area contributed by atoms with Crippen LogP contribution in [0.1, 0.15) is 25.8 Å². The average molecular weight is 414 g/mol. The van der Waals surface area contributed by atoms with Crippen LogP contribution in [-0.4, -0.2) is 40.7 Å². The van der Waals surface area contributed by atoms with E-state index in [2.05, 4.69) is 15.3 Å². The Morgan fingerprint density at radius 1 is 1.31 bits per heavy atom. The third-order valence-corrected chi connectivity index (χ3v) is 4.80. The number of thioether (sulfide) groups is 1. The summed E-state index contributed by atoms with van der Waals surface area (Å²) in [5.74, 6) is -0.765. The highest BCUT2D eigenvalue weighted by molar-refractivity contribution is 7.99. The maximum atomic E-state index is 12.3. The molecule has 0 radical (unpaired) electrons. The van der Waals surface area contributed by atoms with Gasteiger partial charge in [0.05, 0.1) is 18.6 Å². The van der Waals surface area contributed by atoms with E-state index in [4.69, 9.17) is 4.74 Å². The number of amides is 1. The number of hydrogen-bond acceptors (Lipinski definition) is 7. The molecule has 0 aliphatic carbocycles. The molecule has 1 amide bonds. The van der Waals surface area contributed by atoms with Gasteiger partial charge in [-0.25, -0.2) is 9.78 Å². The van der Waals surface area contributed by atoms with Crippen molar-refractivity contribution in [3.8, 4) is 17.3 Å². The second kappa shape index (κ2) is 10.4. The summed E-state index contributed by atoms with van der Waals surface area (Å²) in [6.45, 7) is 3.88. The zero-order valence-electron chi connectivity index (χ0n) is 16.4. The largest absolute Gasteiger partial charge is 0.467 e. The first-order valence-corrected chi connectivity index (χ1v) is 9.94. The summed E-state index contributed by atoms with van der Waals surface area (Å²) in [4.78, 5) is 43.2. The molecular formula is C20H22N4O4S. The molecule has 1 aromatic heterocycles. The number of nitriles is 1. The fourth-order valence-corrected chi connectivity index (χ4v) is 3.30. The molecule has 1 heterocycles. The molecule has 2 aromatic rings. The van der Waals surface area contributed by atoms with Crippen LogP contribution in [0.25, 0.3) is 11.3 Å². The van der Waals surface area contributed by atoms with Crippen LogP contribution in [0.2, 0.25) is 0 Å². The minimum atomic E-state index is -0.735. The molecule has 0 aliphatic heterocycles. The Balaban J connectivity index is 2.15. The average Bonchev–Trinajstić information content (AvgIpc) is 2.71. The molecule has 2 N–H and O–H groups in total. The molecule has 1 aromatic carbocycles. The van der Waals surface area contributed by atoms with Gasteiger partial charge in [0, 0.05) is 5.56 Å². The lowest BCUT2D eigenvalue weighted by molar-refractivity contribution is -0.145. The Labute approximate surface area is 172 Å². The number of carbonyl (C=O) groups excluding carboxylic acids is 2. The summed E-state index contributed by atoms with van der Waals surface area (Å²) in [6, 6.07) is 10.0. The number of rotatable bonds is 8. The van der Waals surface area contributed by atoms with Crippen molar-refractivity contribution in [1.29, 1.82) is 5.26 Å². The molecule has 152 valence electrons. The van der Waals surface area contributed by atoms with Crippen molar-refractivity contribution < 1.29 is 14.3 Å². The third kappa shape index (κ3) is 6.19. The highest BCUT2D eigenvalue weighted by atomic mass is 32.2. The zero-order valence-corrected chi connectivity index (χ0v) is 17.2. The molecule has 0 unspecified atom stereocenters. The second-order valence-electron chi connectivity index (χ2n) is 6.63. The van der Waals surface area contributed by atoms with E-state index in [0.29, 0.717) is 12.0 Å². The molecule has 0 saturated heterocycles. The topological polar surface area (TPSA) is 125 Å². The SMILES string of the molecule is COC(=O)[C@@H](CC(C)C)NC(=O)CSc1nc(-c2ccccc2)c(C#N)c(=O)[nH]1. The normalized spacial score (nSPS) is 11.6. The number of aromatic nitrogens is 2. The molecular weight excluding hydrogens is 392 g/mol. The van der Waals surface area contributed by atoms with Crippen molar-refractivity contribution in [1.82, 2.24) is 15.3 Å². The van der Waals surface area contributed by atoms with Crippen LogP contribution in [0.3, 0.4) is 0 Å². The van der Waals surface area contributed by atoms with Gasteiger partial charge in [0.2, 0.25) is 5.91 Å². The summed E-state index contributed by atoms with van der Waals surface area (Å²) in [6.07, 6.45) is 0.452. The number of methoxy groups -OCH3 is 1. The van der Waals surface area contributed by atoms with E-state index in [-0.39, 0.29) is 34.0 Å². The summed E-state index contributed by atoms with van der Waals surface area (Å²) < 4.78 is 4.73. The number of hydrogen-bond donors (Lipinski definition) is 2. The van der Waals surface area contributed by atoms with Crippen LogP contribution in [0, 0.1) is 17.2 Å². The first-order valence-electron chi connectivity index (χ1n) is 8.95. The van der Waals surface area contributed by atoms with Crippen LogP contribution in [0.5, 0.6) is 0 Å². The number of nitrogens with one attached hydrogen (secondary N) is 2. The Morgan fingerprint density at radius 3 is 2.59 bits per heavy atom. The second-order valence-corrected chi connectivity index (χ2v) is 7.60. The minimum absolute atomic E-state index is 0.0609. The van der Waals surface area contributed by atoms with E-state index >= 15 is 0 Å². The van der Waals surface area contributed by atoms with Crippen molar-refractivity contribution in [3.05, 3.63) is 46.2 Å². The zero-order chi connectivity index (χ0) is 21.4. The molecule has 0 bridgehead atoms. The lowest BCUT2D eigenvalue weighted by atomic mass is 10.0. The fourth-order valence-electron chi connectivity index (χ4n) is 2.63. The van der Waals surface area contributed by atoms with Crippen molar-refractivity contribution in [2.24, 2.45) is 5.92 Å². The highest BCUT2D eigenvalue weighted by Gasteiger charge is 2.23. The van der Waals surface area contributed by atoms with Gasteiger partial charge in [-0.05, 0) is 12.3 Å². The number of esters is 1. The molecule has 29 heavy (non-hydrogen) atoms. The van der Waals surface area contributed by atoms with Crippen molar-refractivity contribution in [2.45, 2.75) is 31.5 Å². The van der Waals surface area contributed by atoms with Crippen LogP contribution in [0.15, 0.2) is 40.3 Å². The predicted octanol–water partition coefficient (Wildman–Crippen LogP) is 2.10. The first-order chi connectivity index (χ1) is 13.8. The van der Waals surface area contributed by atoms with E-state index in [0.717, 1.165) is 11.8 Å². The van der Waals surface area contributed by atoms with Gasteiger partial charge in [-0.1, -0.05) is 55.9 Å². The number of carbonyl (C=O) groups is 2. The third-order valence-electron chi connectivity index (χ3n) is 3.92.